The number of benzene rings is 1. The zero-order valence-corrected chi connectivity index (χ0v) is 18.4. The molecule has 158 valence electrons. The molecule has 1 aliphatic rings. The smallest absolute Gasteiger partial charge is 0.197 e. The molecular weight excluding hydrogens is 422 g/mol. The highest BCUT2D eigenvalue weighted by molar-refractivity contribution is 7.95. The SMILES string of the molecule is COc1cccc(C(=O)C(C)S(=O)(=O)c2cc3c(N4CCNCC4)nccc3s2)c1. The lowest BCUT2D eigenvalue weighted by atomic mass is 10.1. The summed E-state index contributed by atoms with van der Waals surface area (Å²) in [5.41, 5.74) is 0.315. The van der Waals surface area contributed by atoms with Crippen LogP contribution in [0, 0.1) is 0 Å². The molecule has 2 aromatic heterocycles. The van der Waals surface area contributed by atoms with E-state index in [9.17, 15) is 13.2 Å². The fourth-order valence-corrected chi connectivity index (χ4v) is 6.52. The number of hydrogen-bond acceptors (Lipinski definition) is 8. The van der Waals surface area contributed by atoms with E-state index in [4.69, 9.17) is 4.74 Å². The standard InChI is InChI=1S/C21H23N3O4S2/c1-14(20(25)15-4-3-5-16(12-15)28-2)30(26,27)19-13-17-18(29-19)6-7-23-21(17)24-10-8-22-9-11-24/h3-7,12-14,22H,8-11H2,1-2H3. The monoisotopic (exact) mass is 445 g/mol. The van der Waals surface area contributed by atoms with Gasteiger partial charge in [0.25, 0.3) is 0 Å². The summed E-state index contributed by atoms with van der Waals surface area (Å²) in [7, 11) is -2.34. The lowest BCUT2D eigenvalue weighted by Crippen LogP contribution is -2.43. The topological polar surface area (TPSA) is 88.6 Å². The van der Waals surface area contributed by atoms with Crippen molar-refractivity contribution in [3.8, 4) is 5.75 Å². The minimum Gasteiger partial charge on any atom is -0.497 e. The van der Waals surface area contributed by atoms with Gasteiger partial charge in [-0.15, -0.1) is 11.3 Å². The van der Waals surface area contributed by atoms with Crippen molar-refractivity contribution in [2.75, 3.05) is 38.2 Å². The Kier molecular flexibility index (Phi) is 5.77. The Labute approximate surface area is 179 Å². The number of hydrogen-bond donors (Lipinski definition) is 1. The molecule has 9 heteroatoms. The number of thiophene rings is 1. The highest BCUT2D eigenvalue weighted by Crippen LogP contribution is 2.36. The molecule has 1 unspecified atom stereocenters. The molecule has 1 fully saturated rings. The first-order chi connectivity index (χ1) is 14.4. The Hall–Kier alpha value is -2.49. The van der Waals surface area contributed by atoms with E-state index in [-0.39, 0.29) is 4.21 Å². The largest absolute Gasteiger partial charge is 0.497 e. The van der Waals surface area contributed by atoms with E-state index in [0.29, 0.717) is 11.3 Å². The number of nitrogens with zero attached hydrogens (tertiary/aromatic N) is 2. The summed E-state index contributed by atoms with van der Waals surface area (Å²) < 4.78 is 32.7. The second-order valence-electron chi connectivity index (χ2n) is 7.13. The quantitative estimate of drug-likeness (QED) is 0.584. The molecule has 0 radical (unpaired) electrons. The second-order valence-corrected chi connectivity index (χ2v) is 10.7. The lowest BCUT2D eigenvalue weighted by molar-refractivity contribution is 0.0991. The van der Waals surface area contributed by atoms with Gasteiger partial charge in [0, 0.05) is 48.0 Å². The molecule has 0 saturated carbocycles. The summed E-state index contributed by atoms with van der Waals surface area (Å²) in [5.74, 6) is 0.851. The predicted molar refractivity (Wildman–Crippen MR) is 119 cm³/mol. The van der Waals surface area contributed by atoms with Crippen molar-refractivity contribution in [3.63, 3.8) is 0 Å². The number of ether oxygens (including phenoxy) is 1. The van der Waals surface area contributed by atoms with Crippen LogP contribution in [-0.4, -0.2) is 57.7 Å². The maximum absolute atomic E-state index is 13.3. The third kappa shape index (κ3) is 3.80. The van der Waals surface area contributed by atoms with Gasteiger partial charge < -0.3 is 15.0 Å². The first-order valence-corrected chi connectivity index (χ1v) is 12.0. The number of methoxy groups -OCH3 is 1. The van der Waals surface area contributed by atoms with Crippen LogP contribution in [0.25, 0.3) is 10.1 Å². The zero-order chi connectivity index (χ0) is 21.3. The van der Waals surface area contributed by atoms with Gasteiger partial charge in [0.1, 0.15) is 21.0 Å². The van der Waals surface area contributed by atoms with Gasteiger partial charge in [0.05, 0.1) is 7.11 Å². The summed E-state index contributed by atoms with van der Waals surface area (Å²) in [6.07, 6.45) is 1.71. The summed E-state index contributed by atoms with van der Waals surface area (Å²) in [6, 6.07) is 10.0. The highest BCUT2D eigenvalue weighted by Gasteiger charge is 2.32. The van der Waals surface area contributed by atoms with E-state index in [2.05, 4.69) is 15.2 Å². The Balaban J connectivity index is 1.69. The van der Waals surface area contributed by atoms with Crippen LogP contribution in [0.1, 0.15) is 17.3 Å². The second kappa shape index (κ2) is 8.33. The minimum absolute atomic E-state index is 0.186. The molecule has 7 nitrogen and oxygen atoms in total. The molecule has 30 heavy (non-hydrogen) atoms. The number of ketones is 1. The summed E-state index contributed by atoms with van der Waals surface area (Å²) in [5, 5.41) is 2.91. The van der Waals surface area contributed by atoms with E-state index in [1.807, 2.05) is 6.07 Å². The van der Waals surface area contributed by atoms with Crippen molar-refractivity contribution in [1.29, 1.82) is 0 Å². The predicted octanol–water partition coefficient (Wildman–Crippen LogP) is 2.76. The van der Waals surface area contributed by atoms with E-state index in [1.165, 1.54) is 25.4 Å². The molecule has 1 aromatic carbocycles. The zero-order valence-electron chi connectivity index (χ0n) is 16.8. The van der Waals surface area contributed by atoms with Crippen molar-refractivity contribution >= 4 is 42.9 Å². The fourth-order valence-electron chi connectivity index (χ4n) is 3.52. The minimum atomic E-state index is -3.85. The number of Topliss-reactive ketones (excluding diaryl/α,β-unsaturated/α-hetero) is 1. The third-order valence-corrected chi connectivity index (χ3v) is 8.95. The number of sulfone groups is 1. The molecule has 0 aliphatic carbocycles. The van der Waals surface area contributed by atoms with Gasteiger partial charge in [0.2, 0.25) is 0 Å². The summed E-state index contributed by atoms with van der Waals surface area (Å²) >= 11 is 1.18. The van der Waals surface area contributed by atoms with Gasteiger partial charge in [0.15, 0.2) is 15.6 Å². The number of anilines is 1. The van der Waals surface area contributed by atoms with Crippen molar-refractivity contribution in [1.82, 2.24) is 10.3 Å². The molecule has 1 saturated heterocycles. The van der Waals surface area contributed by atoms with Crippen LogP contribution in [-0.2, 0) is 9.84 Å². The molecule has 0 amide bonds. The van der Waals surface area contributed by atoms with Crippen molar-refractivity contribution in [2.45, 2.75) is 16.4 Å². The molecule has 0 bridgehead atoms. The van der Waals surface area contributed by atoms with Crippen LogP contribution in [0.4, 0.5) is 5.82 Å². The van der Waals surface area contributed by atoms with Gasteiger partial charge in [-0.3, -0.25) is 4.79 Å². The molecule has 1 atom stereocenters. The first kappa shape index (κ1) is 20.8. The fraction of sp³-hybridized carbons (Fsp3) is 0.333. The Morgan fingerprint density at radius 3 is 2.73 bits per heavy atom. The molecule has 4 rings (SSSR count). The Morgan fingerprint density at radius 1 is 1.23 bits per heavy atom. The van der Waals surface area contributed by atoms with Gasteiger partial charge >= 0.3 is 0 Å². The molecule has 3 aromatic rings. The normalized spacial score (nSPS) is 15.9. The van der Waals surface area contributed by atoms with Crippen LogP contribution in [0.5, 0.6) is 5.75 Å². The van der Waals surface area contributed by atoms with Crippen LogP contribution >= 0.6 is 11.3 Å². The molecular formula is C21H23N3O4S2. The summed E-state index contributed by atoms with van der Waals surface area (Å²) in [4.78, 5) is 19.6. The van der Waals surface area contributed by atoms with Crippen LogP contribution in [0.15, 0.2) is 46.8 Å². The number of pyridine rings is 1. The van der Waals surface area contributed by atoms with Crippen LogP contribution < -0.4 is 15.0 Å². The lowest BCUT2D eigenvalue weighted by Gasteiger charge is -2.28. The number of carbonyl (C=O) groups is 1. The maximum atomic E-state index is 13.3. The van der Waals surface area contributed by atoms with E-state index in [0.717, 1.165) is 42.1 Å². The van der Waals surface area contributed by atoms with Gasteiger partial charge in [-0.2, -0.15) is 0 Å². The number of piperazine rings is 1. The number of carbonyl (C=O) groups excluding carboxylic acids is 1. The third-order valence-electron chi connectivity index (χ3n) is 5.29. The maximum Gasteiger partial charge on any atom is 0.197 e. The average molecular weight is 446 g/mol. The first-order valence-electron chi connectivity index (χ1n) is 9.68. The van der Waals surface area contributed by atoms with Gasteiger partial charge in [-0.1, -0.05) is 12.1 Å². The molecule has 0 spiro atoms. The number of fused-ring (bicyclic) bond motifs is 1. The Morgan fingerprint density at radius 2 is 2.00 bits per heavy atom. The number of aromatic nitrogens is 1. The van der Waals surface area contributed by atoms with E-state index < -0.39 is 20.9 Å². The van der Waals surface area contributed by atoms with Crippen molar-refractivity contribution in [3.05, 3.63) is 48.2 Å². The van der Waals surface area contributed by atoms with Gasteiger partial charge in [-0.25, -0.2) is 13.4 Å². The number of nitrogens with one attached hydrogen (secondary N) is 1. The molecule has 3 heterocycles. The van der Waals surface area contributed by atoms with E-state index >= 15 is 0 Å². The molecule has 1 aliphatic heterocycles. The molecule has 1 N–H and O–H groups in total. The van der Waals surface area contributed by atoms with Crippen molar-refractivity contribution in [2.24, 2.45) is 0 Å². The average Bonchev–Trinajstić information content (AvgIpc) is 3.24. The van der Waals surface area contributed by atoms with Crippen molar-refractivity contribution < 1.29 is 17.9 Å². The van der Waals surface area contributed by atoms with Crippen LogP contribution in [0.3, 0.4) is 0 Å². The summed E-state index contributed by atoms with van der Waals surface area (Å²) in [6.45, 7) is 4.79. The Bertz CT molecular complexity index is 1180. The van der Waals surface area contributed by atoms with Gasteiger partial charge in [-0.05, 0) is 31.2 Å². The highest BCUT2D eigenvalue weighted by atomic mass is 32.2. The van der Waals surface area contributed by atoms with Crippen LogP contribution in [0.2, 0.25) is 0 Å². The van der Waals surface area contributed by atoms with E-state index in [1.54, 1.807) is 36.5 Å². The number of rotatable bonds is 6.